The van der Waals surface area contributed by atoms with Gasteiger partial charge in [-0.15, -0.1) is 11.3 Å². The first kappa shape index (κ1) is 10.5. The third kappa shape index (κ3) is 2.16. The number of hydrogen-bond donors (Lipinski definition) is 1. The van der Waals surface area contributed by atoms with Crippen molar-refractivity contribution in [1.29, 1.82) is 0 Å². The monoisotopic (exact) mass is 238 g/mol. The highest BCUT2D eigenvalue weighted by atomic mass is 32.2. The number of carboxylic acid groups (broad SMARTS) is 1. The predicted octanol–water partition coefficient (Wildman–Crippen LogP) is 3.46. The molecule has 1 heterocycles. The van der Waals surface area contributed by atoms with E-state index in [1.165, 1.54) is 4.88 Å². The summed E-state index contributed by atoms with van der Waals surface area (Å²) >= 11 is 3.44. The van der Waals surface area contributed by atoms with Crippen LogP contribution in [0.2, 0.25) is 0 Å². The van der Waals surface area contributed by atoms with E-state index in [0.29, 0.717) is 5.56 Å². The highest BCUT2D eigenvalue weighted by Gasteiger charge is 2.06. The van der Waals surface area contributed by atoms with E-state index in [4.69, 9.17) is 5.11 Å². The number of hydrogen-bond acceptors (Lipinski definition) is 3. The Kier molecular flexibility index (Phi) is 2.98. The normalized spacial score (nSPS) is 10.7. The molecule has 1 aromatic carbocycles. The van der Waals surface area contributed by atoms with Crippen LogP contribution in [0.1, 0.15) is 15.2 Å². The lowest BCUT2D eigenvalue weighted by molar-refractivity contribution is 0.0697. The Balaban J connectivity index is 2.47. The number of carbonyl (C=O) groups is 1. The second-order valence-electron chi connectivity index (χ2n) is 3.20. The summed E-state index contributed by atoms with van der Waals surface area (Å²) < 4.78 is 1.05. The fourth-order valence-electron chi connectivity index (χ4n) is 1.43. The maximum atomic E-state index is 10.8. The minimum absolute atomic E-state index is 0.361. The third-order valence-electron chi connectivity index (χ3n) is 2.10. The van der Waals surface area contributed by atoms with Gasteiger partial charge in [-0.05, 0) is 29.8 Å². The Bertz CT molecular complexity index is 502. The van der Waals surface area contributed by atoms with Gasteiger partial charge in [-0.3, -0.25) is 0 Å². The Morgan fingerprint density at radius 2 is 2.27 bits per heavy atom. The van der Waals surface area contributed by atoms with Gasteiger partial charge in [0.25, 0.3) is 0 Å². The van der Waals surface area contributed by atoms with E-state index in [1.807, 2.05) is 6.07 Å². The van der Waals surface area contributed by atoms with E-state index < -0.39 is 5.97 Å². The summed E-state index contributed by atoms with van der Waals surface area (Å²) in [7, 11) is 0. The number of carboxylic acids is 1. The van der Waals surface area contributed by atoms with Crippen molar-refractivity contribution in [2.24, 2.45) is 0 Å². The van der Waals surface area contributed by atoms with Gasteiger partial charge in [-0.25, -0.2) is 4.79 Å². The van der Waals surface area contributed by atoms with Gasteiger partial charge in [0.05, 0.1) is 5.56 Å². The van der Waals surface area contributed by atoms with Crippen molar-refractivity contribution >= 4 is 39.2 Å². The Hall–Kier alpha value is -1.000. The van der Waals surface area contributed by atoms with Crippen LogP contribution < -0.4 is 0 Å². The van der Waals surface area contributed by atoms with Crippen LogP contribution in [-0.4, -0.2) is 17.3 Å². The Labute approximate surface area is 95.9 Å². The van der Waals surface area contributed by atoms with E-state index in [9.17, 15) is 4.79 Å². The van der Waals surface area contributed by atoms with Crippen molar-refractivity contribution in [3.8, 4) is 0 Å². The number of rotatable bonds is 3. The van der Waals surface area contributed by atoms with Gasteiger partial charge in [-0.2, -0.15) is 11.8 Å². The van der Waals surface area contributed by atoms with Gasteiger partial charge >= 0.3 is 5.97 Å². The lowest BCUT2D eigenvalue weighted by Gasteiger charge is -1.92. The molecule has 0 amide bonds. The van der Waals surface area contributed by atoms with Crippen LogP contribution in [0, 0.1) is 0 Å². The third-order valence-corrected chi connectivity index (χ3v) is 3.98. The number of thiophene rings is 1. The smallest absolute Gasteiger partial charge is 0.335 e. The first-order valence-corrected chi connectivity index (χ1v) is 6.66. The zero-order chi connectivity index (χ0) is 10.8. The fraction of sp³-hybridized carbons (Fsp3) is 0.182. The first-order chi connectivity index (χ1) is 7.20. The van der Waals surface area contributed by atoms with Crippen molar-refractivity contribution in [1.82, 2.24) is 0 Å². The predicted molar refractivity (Wildman–Crippen MR) is 66.0 cm³/mol. The second-order valence-corrected chi connectivity index (χ2v) is 5.24. The number of aromatic carboxylic acids is 1. The number of benzene rings is 1. The Morgan fingerprint density at radius 1 is 1.47 bits per heavy atom. The molecule has 0 radical (unpaired) electrons. The summed E-state index contributed by atoms with van der Waals surface area (Å²) in [5.41, 5.74) is 0.361. The largest absolute Gasteiger partial charge is 0.478 e. The maximum Gasteiger partial charge on any atom is 0.335 e. The fourth-order valence-corrected chi connectivity index (χ4v) is 3.29. The Morgan fingerprint density at radius 3 is 2.93 bits per heavy atom. The van der Waals surface area contributed by atoms with Crippen LogP contribution in [0.25, 0.3) is 10.1 Å². The van der Waals surface area contributed by atoms with Crippen LogP contribution in [0.5, 0.6) is 0 Å². The molecule has 4 heteroatoms. The first-order valence-electron chi connectivity index (χ1n) is 4.45. The molecular weight excluding hydrogens is 228 g/mol. The van der Waals surface area contributed by atoms with Crippen LogP contribution >= 0.6 is 23.1 Å². The number of fused-ring (bicyclic) bond motifs is 1. The molecule has 0 spiro atoms. The zero-order valence-electron chi connectivity index (χ0n) is 8.19. The number of thioether (sulfide) groups is 1. The van der Waals surface area contributed by atoms with Gasteiger partial charge in [-0.1, -0.05) is 6.07 Å². The van der Waals surface area contributed by atoms with Gasteiger partial charge in [0.2, 0.25) is 0 Å². The maximum absolute atomic E-state index is 10.8. The molecule has 0 aliphatic carbocycles. The minimum Gasteiger partial charge on any atom is -0.478 e. The summed E-state index contributed by atoms with van der Waals surface area (Å²) in [5.74, 6) is 0.124. The van der Waals surface area contributed by atoms with Crippen molar-refractivity contribution < 1.29 is 9.90 Å². The summed E-state index contributed by atoms with van der Waals surface area (Å²) in [6.07, 6.45) is 2.06. The molecule has 78 valence electrons. The van der Waals surface area contributed by atoms with Crippen LogP contribution in [-0.2, 0) is 5.75 Å². The summed E-state index contributed by atoms with van der Waals surface area (Å²) in [5, 5.41) is 9.99. The zero-order valence-corrected chi connectivity index (χ0v) is 9.82. The van der Waals surface area contributed by atoms with E-state index in [1.54, 1.807) is 35.2 Å². The van der Waals surface area contributed by atoms with Crippen LogP contribution in [0.4, 0.5) is 0 Å². The molecule has 1 N–H and O–H groups in total. The topological polar surface area (TPSA) is 37.3 Å². The average molecular weight is 238 g/mol. The second kappa shape index (κ2) is 4.24. The van der Waals surface area contributed by atoms with Crippen molar-refractivity contribution in [3.63, 3.8) is 0 Å². The molecule has 0 unspecified atom stereocenters. The van der Waals surface area contributed by atoms with Crippen LogP contribution in [0.15, 0.2) is 24.3 Å². The van der Waals surface area contributed by atoms with Crippen molar-refractivity contribution in [3.05, 3.63) is 34.7 Å². The highest BCUT2D eigenvalue weighted by Crippen LogP contribution is 2.28. The van der Waals surface area contributed by atoms with E-state index in [0.717, 1.165) is 15.8 Å². The molecule has 15 heavy (non-hydrogen) atoms. The quantitative estimate of drug-likeness (QED) is 0.889. The lowest BCUT2D eigenvalue weighted by atomic mass is 10.2. The lowest BCUT2D eigenvalue weighted by Crippen LogP contribution is -1.94. The molecule has 0 aliphatic heterocycles. The van der Waals surface area contributed by atoms with Crippen molar-refractivity contribution in [2.75, 3.05) is 6.26 Å². The van der Waals surface area contributed by atoms with Gasteiger partial charge in [0, 0.05) is 15.3 Å². The summed E-state index contributed by atoms with van der Waals surface area (Å²) in [6.45, 7) is 0. The molecule has 2 nitrogen and oxygen atoms in total. The molecule has 0 saturated heterocycles. The molecule has 0 aliphatic rings. The van der Waals surface area contributed by atoms with Crippen molar-refractivity contribution in [2.45, 2.75) is 5.75 Å². The van der Waals surface area contributed by atoms with Gasteiger partial charge < -0.3 is 5.11 Å². The molecule has 0 fully saturated rings. The highest BCUT2D eigenvalue weighted by molar-refractivity contribution is 7.97. The SMILES string of the molecule is CSCc1cc2ccc(C(=O)O)cc2s1. The molecule has 2 rings (SSSR count). The average Bonchev–Trinajstić information content (AvgIpc) is 2.59. The van der Waals surface area contributed by atoms with E-state index in [2.05, 4.69) is 12.3 Å². The van der Waals surface area contributed by atoms with Gasteiger partial charge in [0.1, 0.15) is 0 Å². The van der Waals surface area contributed by atoms with E-state index in [-0.39, 0.29) is 0 Å². The van der Waals surface area contributed by atoms with Gasteiger partial charge in [0.15, 0.2) is 0 Å². The molecule has 0 atom stereocenters. The molecule has 2 aromatic rings. The molecule has 0 bridgehead atoms. The molecule has 1 aromatic heterocycles. The van der Waals surface area contributed by atoms with E-state index >= 15 is 0 Å². The standard InChI is InChI=1S/C11H10O2S2/c1-14-6-9-4-7-2-3-8(11(12)13)5-10(7)15-9/h2-5H,6H2,1H3,(H,12,13). The molecular formula is C11H10O2S2. The summed E-state index contributed by atoms with van der Waals surface area (Å²) in [6, 6.07) is 7.40. The minimum atomic E-state index is -0.864. The molecule has 0 saturated carbocycles. The van der Waals surface area contributed by atoms with Crippen LogP contribution in [0.3, 0.4) is 0 Å². The summed E-state index contributed by atoms with van der Waals surface area (Å²) in [4.78, 5) is 12.1.